The number of carbonyl (C=O) groups excluding carboxylic acids is 2. The molecule has 2 unspecified atom stereocenters. The van der Waals surface area contributed by atoms with Crippen LogP contribution in [0.15, 0.2) is 30.3 Å². The van der Waals surface area contributed by atoms with Gasteiger partial charge < -0.3 is 10.1 Å². The van der Waals surface area contributed by atoms with Gasteiger partial charge in [-0.3, -0.25) is 4.79 Å². The van der Waals surface area contributed by atoms with Crippen molar-refractivity contribution >= 4 is 11.9 Å². The van der Waals surface area contributed by atoms with Gasteiger partial charge in [-0.2, -0.15) is 0 Å². The van der Waals surface area contributed by atoms with Crippen molar-refractivity contribution in [3.05, 3.63) is 35.9 Å². The van der Waals surface area contributed by atoms with E-state index in [1.807, 2.05) is 37.3 Å². The van der Waals surface area contributed by atoms with E-state index >= 15 is 0 Å². The van der Waals surface area contributed by atoms with E-state index in [1.54, 1.807) is 0 Å². The molecule has 4 nitrogen and oxygen atoms in total. The molecule has 1 aromatic carbocycles. The Bertz CT molecular complexity index is 372. The summed E-state index contributed by atoms with van der Waals surface area (Å²) >= 11 is 0. The fourth-order valence-corrected chi connectivity index (χ4v) is 1.54. The van der Waals surface area contributed by atoms with E-state index in [0.29, 0.717) is 0 Å². The van der Waals surface area contributed by atoms with Crippen LogP contribution in [0.3, 0.4) is 0 Å². The highest BCUT2D eigenvalue weighted by Gasteiger charge is 2.35. The molecule has 1 aliphatic rings. The SMILES string of the molecule is CC(c1ccccc1)C1NC(=O)C(=O)O1. The minimum absolute atomic E-state index is 0.0402. The van der Waals surface area contributed by atoms with E-state index in [0.717, 1.165) is 5.56 Å². The van der Waals surface area contributed by atoms with Gasteiger partial charge in [0.25, 0.3) is 0 Å². The largest absolute Gasteiger partial charge is 0.434 e. The highest BCUT2D eigenvalue weighted by Crippen LogP contribution is 2.21. The molecule has 1 heterocycles. The van der Waals surface area contributed by atoms with Crippen molar-refractivity contribution in [2.75, 3.05) is 0 Å². The molecule has 15 heavy (non-hydrogen) atoms. The summed E-state index contributed by atoms with van der Waals surface area (Å²) in [7, 11) is 0. The van der Waals surface area contributed by atoms with Crippen LogP contribution in [0.25, 0.3) is 0 Å². The molecule has 0 spiro atoms. The van der Waals surface area contributed by atoms with Gasteiger partial charge >= 0.3 is 11.9 Å². The Morgan fingerprint density at radius 1 is 1.27 bits per heavy atom. The number of carbonyl (C=O) groups is 2. The fourth-order valence-electron chi connectivity index (χ4n) is 1.54. The first-order valence-corrected chi connectivity index (χ1v) is 4.75. The molecule has 0 aliphatic carbocycles. The van der Waals surface area contributed by atoms with Crippen LogP contribution in [0.2, 0.25) is 0 Å². The van der Waals surface area contributed by atoms with Gasteiger partial charge in [0.05, 0.1) is 0 Å². The Labute approximate surface area is 87.2 Å². The quantitative estimate of drug-likeness (QED) is 0.573. The summed E-state index contributed by atoms with van der Waals surface area (Å²) in [6.07, 6.45) is -0.549. The van der Waals surface area contributed by atoms with Gasteiger partial charge in [-0.05, 0) is 5.56 Å². The number of ether oxygens (including phenoxy) is 1. The van der Waals surface area contributed by atoms with E-state index in [2.05, 4.69) is 5.32 Å². The van der Waals surface area contributed by atoms with Crippen LogP contribution in [-0.2, 0) is 14.3 Å². The van der Waals surface area contributed by atoms with Gasteiger partial charge in [0.15, 0.2) is 6.23 Å². The van der Waals surface area contributed by atoms with Gasteiger partial charge in [0.1, 0.15) is 0 Å². The van der Waals surface area contributed by atoms with Gasteiger partial charge in [0.2, 0.25) is 0 Å². The Morgan fingerprint density at radius 3 is 2.47 bits per heavy atom. The number of benzene rings is 1. The minimum Gasteiger partial charge on any atom is -0.434 e. The van der Waals surface area contributed by atoms with Crippen molar-refractivity contribution in [2.24, 2.45) is 0 Å². The van der Waals surface area contributed by atoms with E-state index in [4.69, 9.17) is 4.74 Å². The second-order valence-electron chi connectivity index (χ2n) is 3.50. The predicted octanol–water partition coefficient (Wildman–Crippen LogP) is 0.789. The van der Waals surface area contributed by atoms with Crippen molar-refractivity contribution in [3.8, 4) is 0 Å². The molecule has 1 saturated heterocycles. The van der Waals surface area contributed by atoms with E-state index in [1.165, 1.54) is 0 Å². The second kappa shape index (κ2) is 3.73. The van der Waals surface area contributed by atoms with Gasteiger partial charge in [-0.1, -0.05) is 37.3 Å². The molecule has 0 bridgehead atoms. The molecule has 1 N–H and O–H groups in total. The topological polar surface area (TPSA) is 55.4 Å². The Morgan fingerprint density at radius 2 is 1.93 bits per heavy atom. The molecule has 1 aliphatic heterocycles. The van der Waals surface area contributed by atoms with Crippen LogP contribution in [0.5, 0.6) is 0 Å². The van der Waals surface area contributed by atoms with Crippen molar-refractivity contribution in [1.82, 2.24) is 5.32 Å². The first kappa shape index (κ1) is 9.71. The van der Waals surface area contributed by atoms with Crippen LogP contribution in [-0.4, -0.2) is 18.1 Å². The number of cyclic esters (lactones) is 1. The Kier molecular flexibility index (Phi) is 2.41. The summed E-state index contributed by atoms with van der Waals surface area (Å²) in [5.41, 5.74) is 1.03. The molecular weight excluding hydrogens is 194 g/mol. The minimum atomic E-state index is -0.803. The average Bonchev–Trinajstić information content (AvgIpc) is 2.59. The maximum atomic E-state index is 10.9. The summed E-state index contributed by atoms with van der Waals surface area (Å²) in [5.74, 6) is -1.51. The normalized spacial score (nSPS) is 22.1. The van der Waals surface area contributed by atoms with Crippen molar-refractivity contribution in [2.45, 2.75) is 19.1 Å². The first-order chi connectivity index (χ1) is 7.18. The lowest BCUT2D eigenvalue weighted by molar-refractivity contribution is -0.149. The van der Waals surface area contributed by atoms with Gasteiger partial charge in [-0.25, -0.2) is 4.79 Å². The molecular formula is C11H11NO3. The summed E-state index contributed by atoms with van der Waals surface area (Å²) in [4.78, 5) is 21.8. The van der Waals surface area contributed by atoms with Crippen LogP contribution in [0.4, 0.5) is 0 Å². The summed E-state index contributed by atoms with van der Waals surface area (Å²) < 4.78 is 4.89. The number of rotatable bonds is 2. The standard InChI is InChI=1S/C11H11NO3/c1-7(8-5-3-2-4-6-8)10-12-9(13)11(14)15-10/h2-7,10H,1H3,(H,12,13). The predicted molar refractivity (Wildman–Crippen MR) is 52.9 cm³/mol. The Balaban J connectivity index is 2.13. The fraction of sp³-hybridized carbons (Fsp3) is 0.273. The lowest BCUT2D eigenvalue weighted by Crippen LogP contribution is -2.31. The van der Waals surface area contributed by atoms with Crippen LogP contribution in [0, 0.1) is 0 Å². The smallest absolute Gasteiger partial charge is 0.398 e. The number of amides is 1. The zero-order valence-electron chi connectivity index (χ0n) is 8.27. The molecule has 1 aromatic rings. The zero-order chi connectivity index (χ0) is 10.8. The van der Waals surface area contributed by atoms with E-state index < -0.39 is 18.1 Å². The summed E-state index contributed by atoms with van der Waals surface area (Å²) in [6, 6.07) is 9.59. The lowest BCUT2D eigenvalue weighted by atomic mass is 10.00. The van der Waals surface area contributed by atoms with Crippen molar-refractivity contribution in [3.63, 3.8) is 0 Å². The molecule has 2 atom stereocenters. The molecule has 0 saturated carbocycles. The molecule has 1 amide bonds. The third kappa shape index (κ3) is 1.83. The molecule has 78 valence electrons. The number of esters is 1. The highest BCUT2D eigenvalue weighted by molar-refractivity contribution is 6.34. The molecule has 1 fully saturated rings. The van der Waals surface area contributed by atoms with Crippen LogP contribution >= 0.6 is 0 Å². The number of hydrogen-bond acceptors (Lipinski definition) is 3. The van der Waals surface area contributed by atoms with Crippen molar-refractivity contribution < 1.29 is 14.3 Å². The number of hydrogen-bond donors (Lipinski definition) is 1. The molecule has 0 aromatic heterocycles. The molecule has 2 rings (SSSR count). The van der Waals surface area contributed by atoms with Crippen molar-refractivity contribution in [1.29, 1.82) is 0 Å². The monoisotopic (exact) mass is 205 g/mol. The third-order valence-corrected chi connectivity index (χ3v) is 2.47. The first-order valence-electron chi connectivity index (χ1n) is 4.75. The van der Waals surface area contributed by atoms with Gasteiger partial charge in [-0.15, -0.1) is 0 Å². The van der Waals surface area contributed by atoms with Crippen LogP contribution in [0.1, 0.15) is 18.4 Å². The molecule has 0 radical (unpaired) electrons. The maximum Gasteiger partial charge on any atom is 0.398 e. The summed E-state index contributed by atoms with van der Waals surface area (Å²) in [5, 5.41) is 2.49. The lowest BCUT2D eigenvalue weighted by Gasteiger charge is -2.17. The van der Waals surface area contributed by atoms with E-state index in [-0.39, 0.29) is 5.92 Å². The maximum absolute atomic E-state index is 10.9. The average molecular weight is 205 g/mol. The summed E-state index contributed by atoms with van der Waals surface area (Å²) in [6.45, 7) is 1.90. The second-order valence-corrected chi connectivity index (χ2v) is 3.50. The van der Waals surface area contributed by atoms with Gasteiger partial charge in [0, 0.05) is 5.92 Å². The highest BCUT2D eigenvalue weighted by atomic mass is 16.6. The Hall–Kier alpha value is -1.84. The zero-order valence-corrected chi connectivity index (χ0v) is 8.27. The third-order valence-electron chi connectivity index (χ3n) is 2.47. The number of nitrogens with one attached hydrogen (secondary N) is 1. The van der Waals surface area contributed by atoms with Crippen LogP contribution < -0.4 is 5.32 Å². The molecule has 4 heteroatoms. The van der Waals surface area contributed by atoms with E-state index in [9.17, 15) is 9.59 Å².